The highest BCUT2D eigenvalue weighted by atomic mass is 32.3. The maximum Gasteiger partial charge on any atom is 0.410 e. The van der Waals surface area contributed by atoms with Crippen LogP contribution in [0.25, 0.3) is 0 Å². The molecule has 22 heavy (non-hydrogen) atoms. The van der Waals surface area contributed by atoms with Crippen LogP contribution in [0.1, 0.15) is 47.5 Å². The van der Waals surface area contributed by atoms with Crippen LogP contribution < -0.4 is 0 Å². The molecule has 130 valence electrons. The minimum atomic E-state index is -1.44. The van der Waals surface area contributed by atoms with Crippen LogP contribution in [0, 0.1) is 0 Å². The van der Waals surface area contributed by atoms with E-state index in [-0.39, 0.29) is 11.4 Å². The molecule has 1 aliphatic rings. The van der Waals surface area contributed by atoms with Crippen molar-refractivity contribution in [2.24, 2.45) is 0 Å². The van der Waals surface area contributed by atoms with Crippen molar-refractivity contribution >= 4 is 21.4 Å². The fraction of sp³-hybridized carbons (Fsp3) is 0.875. The van der Waals surface area contributed by atoms with Crippen molar-refractivity contribution in [2.75, 3.05) is 31.7 Å². The summed E-state index contributed by atoms with van der Waals surface area (Å²) in [6.45, 7) is 11.3. The Morgan fingerprint density at radius 1 is 1.18 bits per heavy atom. The van der Waals surface area contributed by atoms with Gasteiger partial charge >= 0.3 is 11.4 Å². The van der Waals surface area contributed by atoms with Crippen molar-refractivity contribution in [3.63, 3.8) is 0 Å². The molecule has 0 bridgehead atoms. The average Bonchev–Trinajstić information content (AvgIpc) is 2.45. The molecule has 0 aromatic heterocycles. The van der Waals surface area contributed by atoms with Crippen LogP contribution >= 0.6 is 10.0 Å². The number of rotatable bonds is 3. The van der Waals surface area contributed by atoms with E-state index in [0.29, 0.717) is 24.9 Å². The summed E-state index contributed by atoms with van der Waals surface area (Å²) < 4.78 is 10.7. The number of nitrogens with zero attached hydrogens (tertiary/aromatic N) is 1. The van der Waals surface area contributed by atoms with E-state index in [9.17, 15) is 9.59 Å². The molecule has 1 amide bonds. The Bertz CT molecular complexity index is 399. The van der Waals surface area contributed by atoms with Gasteiger partial charge in [-0.1, -0.05) is 6.92 Å². The minimum Gasteiger partial charge on any atom is -0.459 e. The molecule has 1 rings (SSSR count). The molecule has 1 fully saturated rings. The monoisotopic (exact) mass is 333 g/mol. The summed E-state index contributed by atoms with van der Waals surface area (Å²) in [5, 5.41) is 0.295. The molecule has 0 radical (unpaired) electrons. The summed E-state index contributed by atoms with van der Waals surface area (Å²) in [5.41, 5.74) is -0.470. The molecule has 0 saturated carbocycles. The van der Waals surface area contributed by atoms with Gasteiger partial charge in [0.2, 0.25) is 0 Å². The zero-order valence-electron chi connectivity index (χ0n) is 14.8. The van der Waals surface area contributed by atoms with Crippen LogP contribution in [0.2, 0.25) is 0 Å². The summed E-state index contributed by atoms with van der Waals surface area (Å²) in [4.78, 5) is 26.2. The summed E-state index contributed by atoms with van der Waals surface area (Å²) in [7, 11) is -1.44. The number of amides is 1. The largest absolute Gasteiger partial charge is 0.459 e. The lowest BCUT2D eigenvalue weighted by atomic mass is 10.1. The highest BCUT2D eigenvalue weighted by Gasteiger charge is 2.39. The molecule has 0 aliphatic carbocycles. The topological polar surface area (TPSA) is 55.8 Å². The Morgan fingerprint density at radius 3 is 2.14 bits per heavy atom. The second-order valence-electron chi connectivity index (χ2n) is 6.80. The van der Waals surface area contributed by atoms with Gasteiger partial charge in [-0.2, -0.15) is 0 Å². The molecule has 0 N–H and O–H groups in total. The molecule has 5 nitrogen and oxygen atoms in total. The van der Waals surface area contributed by atoms with E-state index in [4.69, 9.17) is 9.47 Å². The van der Waals surface area contributed by atoms with E-state index in [1.807, 2.05) is 27.7 Å². The number of ether oxygens (including phenoxy) is 2. The summed E-state index contributed by atoms with van der Waals surface area (Å²) >= 11 is 0. The number of carbonyl (C=O) groups excluding carboxylic acids is 2. The SMILES string of the molecule is CCOC(=O)S(C)(CC)C1CCN(C(=O)OC(C)(C)C)CC1. The first kappa shape index (κ1) is 19.1. The fourth-order valence-corrected chi connectivity index (χ4v) is 5.24. The summed E-state index contributed by atoms with van der Waals surface area (Å²) in [6, 6.07) is 0. The third kappa shape index (κ3) is 4.80. The zero-order valence-corrected chi connectivity index (χ0v) is 15.6. The van der Waals surface area contributed by atoms with E-state index in [0.717, 1.165) is 18.6 Å². The lowest BCUT2D eigenvalue weighted by Gasteiger charge is -2.44. The maximum atomic E-state index is 12.3. The predicted octanol–water partition coefficient (Wildman–Crippen LogP) is 4.00. The Kier molecular flexibility index (Phi) is 6.59. The minimum absolute atomic E-state index is 0.0341. The zero-order chi connectivity index (χ0) is 17.0. The van der Waals surface area contributed by atoms with E-state index >= 15 is 0 Å². The molecule has 1 unspecified atom stereocenters. The van der Waals surface area contributed by atoms with Crippen LogP contribution in [0.5, 0.6) is 0 Å². The number of hydrogen-bond donors (Lipinski definition) is 0. The van der Waals surface area contributed by atoms with E-state index in [1.165, 1.54) is 0 Å². The van der Waals surface area contributed by atoms with Crippen molar-refractivity contribution in [3.05, 3.63) is 0 Å². The van der Waals surface area contributed by atoms with Gasteiger partial charge in [-0.25, -0.2) is 9.59 Å². The molecule has 0 aromatic carbocycles. The Morgan fingerprint density at radius 2 is 1.73 bits per heavy atom. The second kappa shape index (κ2) is 7.57. The third-order valence-electron chi connectivity index (χ3n) is 4.07. The smallest absolute Gasteiger partial charge is 0.410 e. The van der Waals surface area contributed by atoms with E-state index in [1.54, 1.807) is 4.90 Å². The van der Waals surface area contributed by atoms with Crippen molar-refractivity contribution in [3.8, 4) is 0 Å². The first-order valence-electron chi connectivity index (χ1n) is 8.03. The van der Waals surface area contributed by atoms with E-state index in [2.05, 4.69) is 13.2 Å². The van der Waals surface area contributed by atoms with Crippen molar-refractivity contribution in [2.45, 2.75) is 58.3 Å². The Balaban J connectivity index is 2.63. The molecule has 1 saturated heterocycles. The van der Waals surface area contributed by atoms with Gasteiger partial charge in [0, 0.05) is 18.3 Å². The highest BCUT2D eigenvalue weighted by Crippen LogP contribution is 2.54. The number of hydrogen-bond acceptors (Lipinski definition) is 4. The molecule has 1 atom stereocenters. The number of likely N-dealkylation sites (tertiary alicyclic amines) is 1. The van der Waals surface area contributed by atoms with Crippen molar-refractivity contribution < 1.29 is 19.1 Å². The second-order valence-corrected chi connectivity index (χ2v) is 10.7. The summed E-state index contributed by atoms with van der Waals surface area (Å²) in [5.74, 6) is 0.836. The highest BCUT2D eigenvalue weighted by molar-refractivity contribution is 8.44. The van der Waals surface area contributed by atoms with Gasteiger partial charge in [-0.15, -0.1) is 10.0 Å². The Hall–Kier alpha value is -0.910. The third-order valence-corrected chi connectivity index (χ3v) is 8.09. The first-order valence-corrected chi connectivity index (χ1v) is 10.3. The quantitative estimate of drug-likeness (QED) is 0.733. The number of piperidine rings is 1. The molecule has 1 heterocycles. The van der Waals surface area contributed by atoms with Gasteiger partial charge in [0.15, 0.2) is 0 Å². The summed E-state index contributed by atoms with van der Waals surface area (Å²) in [6.07, 6.45) is 3.50. The molecule has 6 heteroatoms. The molecule has 0 spiro atoms. The maximum absolute atomic E-state index is 12.3. The Labute approximate surface area is 136 Å². The molecule has 1 aliphatic heterocycles. The van der Waals surface area contributed by atoms with Crippen molar-refractivity contribution in [1.82, 2.24) is 4.90 Å². The van der Waals surface area contributed by atoms with Crippen LogP contribution in [-0.4, -0.2) is 58.9 Å². The van der Waals surface area contributed by atoms with Crippen LogP contribution in [0.4, 0.5) is 9.59 Å². The number of carbonyl (C=O) groups is 2. The predicted molar refractivity (Wildman–Crippen MR) is 91.9 cm³/mol. The van der Waals surface area contributed by atoms with Gasteiger partial charge in [-0.3, -0.25) is 0 Å². The van der Waals surface area contributed by atoms with Gasteiger partial charge in [0.1, 0.15) is 5.60 Å². The van der Waals surface area contributed by atoms with Crippen LogP contribution in [0.15, 0.2) is 0 Å². The molecule has 0 aromatic rings. The van der Waals surface area contributed by atoms with Gasteiger partial charge in [-0.05, 0) is 52.5 Å². The van der Waals surface area contributed by atoms with Crippen LogP contribution in [-0.2, 0) is 9.47 Å². The molecular weight excluding hydrogens is 302 g/mol. The van der Waals surface area contributed by atoms with E-state index < -0.39 is 15.6 Å². The van der Waals surface area contributed by atoms with Gasteiger partial charge in [0.05, 0.1) is 6.61 Å². The fourth-order valence-electron chi connectivity index (χ4n) is 2.63. The average molecular weight is 333 g/mol. The van der Waals surface area contributed by atoms with Gasteiger partial charge in [0.25, 0.3) is 0 Å². The lowest BCUT2D eigenvalue weighted by molar-refractivity contribution is 0.0218. The first-order chi connectivity index (χ1) is 10.1. The van der Waals surface area contributed by atoms with Gasteiger partial charge < -0.3 is 14.4 Å². The molecular formula is C16H31NO4S. The van der Waals surface area contributed by atoms with Crippen LogP contribution in [0.3, 0.4) is 0 Å². The van der Waals surface area contributed by atoms with Crippen molar-refractivity contribution in [1.29, 1.82) is 0 Å². The lowest BCUT2D eigenvalue weighted by Crippen LogP contribution is -2.44. The standard InChI is InChI=1S/C16H31NO4S/c1-7-20-15(19)22(6,8-2)13-9-11-17(12-10-13)14(18)21-16(3,4)5/h13H,7-12H2,1-6H3. The normalized spacial score (nSPS) is 20.9.